The van der Waals surface area contributed by atoms with Crippen molar-refractivity contribution in [3.05, 3.63) is 11.6 Å². The Bertz CT molecular complexity index is 497. The second kappa shape index (κ2) is 3.56. The molecular weight excluding hydrogens is 230 g/mol. The Kier molecular flexibility index (Phi) is 2.58. The molecule has 2 atom stereocenters. The Morgan fingerprint density at radius 3 is 2.28 bits per heavy atom. The summed E-state index contributed by atoms with van der Waals surface area (Å²) in [5.74, 6) is 0.422. The van der Waals surface area contributed by atoms with Gasteiger partial charge in [0.1, 0.15) is 5.82 Å². The van der Waals surface area contributed by atoms with E-state index in [0.29, 0.717) is 0 Å². The van der Waals surface area contributed by atoms with Crippen molar-refractivity contribution in [2.45, 2.75) is 46.0 Å². The summed E-state index contributed by atoms with van der Waals surface area (Å²) in [7, 11) is 1.84. The first kappa shape index (κ1) is 13.1. The molecule has 0 amide bonds. The summed E-state index contributed by atoms with van der Waals surface area (Å²) in [6, 6.07) is 0. The number of carbonyl (C=O) groups is 1. The minimum atomic E-state index is -0.745. The molecule has 0 aromatic carbocycles. The lowest BCUT2D eigenvalue weighted by Crippen LogP contribution is -2.13. The van der Waals surface area contributed by atoms with Gasteiger partial charge in [-0.25, -0.2) is 4.98 Å². The van der Waals surface area contributed by atoms with Crippen LogP contribution >= 0.6 is 0 Å². The lowest BCUT2D eigenvalue weighted by molar-refractivity contribution is -0.139. The number of hydrogen-bond acceptors (Lipinski definition) is 3. The van der Waals surface area contributed by atoms with Gasteiger partial charge in [-0.2, -0.15) is 5.10 Å². The fourth-order valence-electron chi connectivity index (χ4n) is 2.57. The summed E-state index contributed by atoms with van der Waals surface area (Å²) in [6.07, 6.45) is 0. The minimum Gasteiger partial charge on any atom is -0.481 e. The maximum Gasteiger partial charge on any atom is 0.307 e. The SMILES string of the molecule is Cn1nc(C(C)(C)C)nc1C1C(C(=O)O)C1(C)C. The molecule has 5 nitrogen and oxygen atoms in total. The van der Waals surface area contributed by atoms with Gasteiger partial charge in [0, 0.05) is 18.4 Å². The van der Waals surface area contributed by atoms with E-state index in [1.807, 2.05) is 20.9 Å². The Morgan fingerprint density at radius 1 is 1.39 bits per heavy atom. The maximum atomic E-state index is 11.2. The molecule has 1 aliphatic rings. The Hall–Kier alpha value is -1.39. The van der Waals surface area contributed by atoms with Crippen LogP contribution in [0.5, 0.6) is 0 Å². The fraction of sp³-hybridized carbons (Fsp3) is 0.769. The van der Waals surface area contributed by atoms with Crippen LogP contribution in [-0.2, 0) is 17.3 Å². The van der Waals surface area contributed by atoms with Gasteiger partial charge in [0.05, 0.1) is 5.92 Å². The molecule has 0 spiro atoms. The second-order valence-electron chi connectivity index (χ2n) is 6.78. The smallest absolute Gasteiger partial charge is 0.307 e. The molecule has 18 heavy (non-hydrogen) atoms. The van der Waals surface area contributed by atoms with Crippen molar-refractivity contribution in [1.82, 2.24) is 14.8 Å². The third-order valence-electron chi connectivity index (χ3n) is 3.84. The molecule has 0 bridgehead atoms. The van der Waals surface area contributed by atoms with E-state index in [1.165, 1.54) is 0 Å². The topological polar surface area (TPSA) is 68.0 Å². The van der Waals surface area contributed by atoms with Gasteiger partial charge in [0.2, 0.25) is 0 Å². The van der Waals surface area contributed by atoms with Crippen LogP contribution in [0, 0.1) is 11.3 Å². The summed E-state index contributed by atoms with van der Waals surface area (Å²) in [6.45, 7) is 10.1. The number of nitrogens with zero attached hydrogens (tertiary/aromatic N) is 3. The molecule has 0 aliphatic heterocycles. The average molecular weight is 251 g/mol. The van der Waals surface area contributed by atoms with Crippen LogP contribution in [0.15, 0.2) is 0 Å². The van der Waals surface area contributed by atoms with Gasteiger partial charge in [-0.05, 0) is 5.41 Å². The highest BCUT2D eigenvalue weighted by molar-refractivity contribution is 5.77. The number of carboxylic acid groups (broad SMARTS) is 1. The quantitative estimate of drug-likeness (QED) is 0.872. The summed E-state index contributed by atoms with van der Waals surface area (Å²) in [5, 5.41) is 13.6. The van der Waals surface area contributed by atoms with Crippen LogP contribution in [0.3, 0.4) is 0 Å². The average Bonchev–Trinajstić information content (AvgIpc) is 2.54. The summed E-state index contributed by atoms with van der Waals surface area (Å²) >= 11 is 0. The van der Waals surface area contributed by atoms with Crippen molar-refractivity contribution in [2.75, 3.05) is 0 Å². The molecule has 1 fully saturated rings. The van der Waals surface area contributed by atoms with E-state index in [2.05, 4.69) is 30.9 Å². The molecule has 2 rings (SSSR count). The third-order valence-corrected chi connectivity index (χ3v) is 3.84. The number of aliphatic carboxylic acids is 1. The van der Waals surface area contributed by atoms with Crippen LogP contribution in [-0.4, -0.2) is 25.8 Å². The van der Waals surface area contributed by atoms with Crippen molar-refractivity contribution in [3.8, 4) is 0 Å². The maximum absolute atomic E-state index is 11.2. The van der Waals surface area contributed by atoms with Crippen molar-refractivity contribution in [3.63, 3.8) is 0 Å². The lowest BCUT2D eigenvalue weighted by atomic mass is 9.96. The van der Waals surface area contributed by atoms with Gasteiger partial charge < -0.3 is 5.11 Å². The molecule has 1 aromatic heterocycles. The highest BCUT2D eigenvalue weighted by Crippen LogP contribution is 2.63. The molecule has 100 valence electrons. The van der Waals surface area contributed by atoms with Crippen molar-refractivity contribution in [1.29, 1.82) is 0 Å². The Labute approximate surface area is 107 Å². The van der Waals surface area contributed by atoms with Crippen LogP contribution < -0.4 is 0 Å². The fourth-order valence-corrected chi connectivity index (χ4v) is 2.57. The first-order valence-electron chi connectivity index (χ1n) is 6.21. The molecule has 1 aromatic rings. The Balaban J connectivity index is 2.37. The number of aryl methyl sites for hydroxylation is 1. The summed E-state index contributed by atoms with van der Waals surface area (Å²) in [5.41, 5.74) is -0.352. The summed E-state index contributed by atoms with van der Waals surface area (Å²) in [4.78, 5) is 15.8. The number of aromatic nitrogens is 3. The van der Waals surface area contributed by atoms with E-state index in [0.717, 1.165) is 11.6 Å². The van der Waals surface area contributed by atoms with E-state index in [-0.39, 0.29) is 22.7 Å². The molecule has 1 heterocycles. The molecule has 1 saturated carbocycles. The van der Waals surface area contributed by atoms with E-state index in [4.69, 9.17) is 0 Å². The van der Waals surface area contributed by atoms with Gasteiger partial charge in [-0.15, -0.1) is 0 Å². The molecule has 2 unspecified atom stereocenters. The molecular formula is C13H21N3O2. The van der Waals surface area contributed by atoms with E-state index < -0.39 is 5.97 Å². The number of hydrogen-bond donors (Lipinski definition) is 1. The van der Waals surface area contributed by atoms with Crippen molar-refractivity contribution < 1.29 is 9.90 Å². The van der Waals surface area contributed by atoms with Gasteiger partial charge in [-0.3, -0.25) is 9.48 Å². The molecule has 1 N–H and O–H groups in total. The van der Waals surface area contributed by atoms with Gasteiger partial charge in [-0.1, -0.05) is 34.6 Å². The first-order chi connectivity index (χ1) is 8.06. The third kappa shape index (κ3) is 1.82. The monoisotopic (exact) mass is 251 g/mol. The zero-order valence-electron chi connectivity index (χ0n) is 11.9. The minimum absolute atomic E-state index is 0.0383. The van der Waals surface area contributed by atoms with Crippen LogP contribution in [0.1, 0.15) is 52.2 Å². The van der Waals surface area contributed by atoms with E-state index in [1.54, 1.807) is 4.68 Å². The van der Waals surface area contributed by atoms with Gasteiger partial charge in [0.15, 0.2) is 5.82 Å². The van der Waals surface area contributed by atoms with Gasteiger partial charge >= 0.3 is 5.97 Å². The highest BCUT2D eigenvalue weighted by Gasteiger charge is 2.64. The van der Waals surface area contributed by atoms with Gasteiger partial charge in [0.25, 0.3) is 0 Å². The van der Waals surface area contributed by atoms with E-state index in [9.17, 15) is 9.90 Å². The highest BCUT2D eigenvalue weighted by atomic mass is 16.4. The number of carboxylic acids is 1. The largest absolute Gasteiger partial charge is 0.481 e. The first-order valence-corrected chi connectivity index (χ1v) is 6.21. The van der Waals surface area contributed by atoms with Crippen LogP contribution in [0.2, 0.25) is 0 Å². The number of rotatable bonds is 2. The lowest BCUT2D eigenvalue weighted by Gasteiger charge is -2.12. The van der Waals surface area contributed by atoms with E-state index >= 15 is 0 Å². The predicted molar refractivity (Wildman–Crippen MR) is 67.4 cm³/mol. The van der Waals surface area contributed by atoms with Crippen LogP contribution in [0.25, 0.3) is 0 Å². The van der Waals surface area contributed by atoms with Crippen molar-refractivity contribution >= 4 is 5.97 Å². The molecule has 0 saturated heterocycles. The van der Waals surface area contributed by atoms with Crippen LogP contribution in [0.4, 0.5) is 0 Å². The normalized spacial score (nSPS) is 26.1. The molecule has 1 aliphatic carbocycles. The zero-order valence-corrected chi connectivity index (χ0v) is 11.9. The Morgan fingerprint density at radius 2 is 1.94 bits per heavy atom. The molecule has 5 heteroatoms. The second-order valence-corrected chi connectivity index (χ2v) is 6.78. The standard InChI is InChI=1S/C13H21N3O2/c1-12(2,3)11-14-9(16(6)15-11)7-8(10(17)18)13(7,4)5/h7-8H,1-6H3,(H,17,18). The zero-order chi connectivity index (χ0) is 13.9. The predicted octanol–water partition coefficient (Wildman–Crippen LogP) is 1.94. The van der Waals surface area contributed by atoms with Crippen molar-refractivity contribution in [2.24, 2.45) is 18.4 Å². The molecule has 0 radical (unpaired) electrons. The summed E-state index contributed by atoms with van der Waals surface area (Å²) < 4.78 is 1.73.